The summed E-state index contributed by atoms with van der Waals surface area (Å²) in [5.41, 5.74) is 2.78. The van der Waals surface area contributed by atoms with E-state index in [0.717, 1.165) is 18.6 Å². The maximum atomic E-state index is 13.1. The SMILES string of the molecule is COc1ccc(S(=O)(=O)NCCSCc2ccccc2C)cc1C(=O)N1CCC(C)CC1. The van der Waals surface area contributed by atoms with Crippen LogP contribution >= 0.6 is 11.8 Å². The van der Waals surface area contributed by atoms with Crippen LogP contribution in [0.15, 0.2) is 47.4 Å². The number of methoxy groups -OCH3 is 1. The molecule has 0 atom stereocenters. The molecule has 32 heavy (non-hydrogen) atoms. The van der Waals surface area contributed by atoms with Crippen LogP contribution in [0.1, 0.15) is 41.3 Å². The highest BCUT2D eigenvalue weighted by Gasteiger charge is 2.26. The Bertz CT molecular complexity index is 1030. The fraction of sp³-hybridized carbons (Fsp3) is 0.458. The lowest BCUT2D eigenvalue weighted by molar-refractivity contribution is 0.0693. The molecule has 1 fully saturated rings. The van der Waals surface area contributed by atoms with Crippen LogP contribution in [0.2, 0.25) is 0 Å². The van der Waals surface area contributed by atoms with Gasteiger partial charge < -0.3 is 9.64 Å². The maximum absolute atomic E-state index is 13.1. The monoisotopic (exact) mass is 476 g/mol. The molecular weight excluding hydrogens is 444 g/mol. The van der Waals surface area contributed by atoms with Crippen molar-refractivity contribution in [3.63, 3.8) is 0 Å². The van der Waals surface area contributed by atoms with Gasteiger partial charge in [-0.2, -0.15) is 11.8 Å². The molecule has 3 rings (SSSR count). The molecule has 0 aliphatic carbocycles. The van der Waals surface area contributed by atoms with Gasteiger partial charge in [0.15, 0.2) is 0 Å². The molecule has 0 saturated carbocycles. The summed E-state index contributed by atoms with van der Waals surface area (Å²) in [6.45, 7) is 5.93. The number of sulfonamides is 1. The Hall–Kier alpha value is -2.03. The van der Waals surface area contributed by atoms with Crippen molar-refractivity contribution in [1.82, 2.24) is 9.62 Å². The van der Waals surface area contributed by atoms with Crippen LogP contribution in [0.4, 0.5) is 0 Å². The second kappa shape index (κ2) is 11.2. The Morgan fingerprint density at radius 1 is 1.19 bits per heavy atom. The number of thioether (sulfide) groups is 1. The first-order valence-corrected chi connectivity index (χ1v) is 13.5. The quantitative estimate of drug-likeness (QED) is 0.552. The summed E-state index contributed by atoms with van der Waals surface area (Å²) >= 11 is 1.68. The van der Waals surface area contributed by atoms with Crippen molar-refractivity contribution in [1.29, 1.82) is 0 Å². The minimum atomic E-state index is -3.72. The average molecular weight is 477 g/mol. The number of nitrogens with one attached hydrogen (secondary N) is 1. The number of nitrogens with zero attached hydrogens (tertiary/aromatic N) is 1. The topological polar surface area (TPSA) is 75.7 Å². The number of aryl methyl sites for hydroxylation is 1. The number of carbonyl (C=O) groups is 1. The van der Waals surface area contributed by atoms with Crippen LogP contribution in [-0.2, 0) is 15.8 Å². The van der Waals surface area contributed by atoms with E-state index in [9.17, 15) is 13.2 Å². The second-order valence-corrected chi connectivity index (χ2v) is 11.1. The molecular formula is C24H32N2O4S2. The van der Waals surface area contributed by atoms with Gasteiger partial charge in [0.05, 0.1) is 17.6 Å². The molecule has 1 aliphatic heterocycles. The van der Waals surface area contributed by atoms with E-state index in [1.165, 1.54) is 30.4 Å². The molecule has 1 heterocycles. The Morgan fingerprint density at radius 2 is 1.91 bits per heavy atom. The number of likely N-dealkylation sites (tertiary alicyclic amines) is 1. The highest BCUT2D eigenvalue weighted by molar-refractivity contribution is 7.98. The Kier molecular flexibility index (Phi) is 8.62. The van der Waals surface area contributed by atoms with Crippen LogP contribution in [0.5, 0.6) is 5.75 Å². The molecule has 6 nitrogen and oxygen atoms in total. The first kappa shape index (κ1) is 24.6. The smallest absolute Gasteiger partial charge is 0.257 e. The molecule has 0 aromatic heterocycles. The summed E-state index contributed by atoms with van der Waals surface area (Å²) < 4.78 is 33.6. The van der Waals surface area contributed by atoms with Crippen molar-refractivity contribution in [2.24, 2.45) is 5.92 Å². The molecule has 8 heteroatoms. The van der Waals surface area contributed by atoms with E-state index < -0.39 is 10.0 Å². The molecule has 2 aromatic carbocycles. The van der Waals surface area contributed by atoms with Crippen LogP contribution < -0.4 is 9.46 Å². The zero-order valence-corrected chi connectivity index (χ0v) is 20.6. The molecule has 0 spiro atoms. The van der Waals surface area contributed by atoms with Gasteiger partial charge in [0, 0.05) is 31.1 Å². The molecule has 2 aromatic rings. The van der Waals surface area contributed by atoms with Gasteiger partial charge in [-0.1, -0.05) is 31.2 Å². The third kappa shape index (κ3) is 6.27. The number of carbonyl (C=O) groups excluding carboxylic acids is 1. The maximum Gasteiger partial charge on any atom is 0.257 e. The summed E-state index contributed by atoms with van der Waals surface area (Å²) in [5.74, 6) is 2.30. The lowest BCUT2D eigenvalue weighted by Gasteiger charge is -2.30. The van der Waals surface area contributed by atoms with Gasteiger partial charge in [0.25, 0.3) is 5.91 Å². The molecule has 0 unspecified atom stereocenters. The molecule has 0 bridgehead atoms. The first-order valence-electron chi connectivity index (χ1n) is 10.9. The Morgan fingerprint density at radius 3 is 2.59 bits per heavy atom. The van der Waals surface area contributed by atoms with Crippen molar-refractivity contribution < 1.29 is 17.9 Å². The number of hydrogen-bond acceptors (Lipinski definition) is 5. The standard InChI is InChI=1S/C24H32N2O4S2/c1-18-10-13-26(14-11-18)24(27)22-16-21(8-9-23(22)30-3)32(28,29)25-12-15-31-17-20-7-5-4-6-19(20)2/h4-9,16,18,25H,10-15,17H2,1-3H3. The van der Waals surface area contributed by atoms with Crippen LogP contribution in [0.25, 0.3) is 0 Å². The lowest BCUT2D eigenvalue weighted by Crippen LogP contribution is -2.38. The molecule has 1 N–H and O–H groups in total. The Balaban J connectivity index is 1.62. The number of piperidine rings is 1. The average Bonchev–Trinajstić information content (AvgIpc) is 2.79. The van der Waals surface area contributed by atoms with Gasteiger partial charge in [-0.3, -0.25) is 4.79 Å². The number of rotatable bonds is 9. The molecule has 1 saturated heterocycles. The van der Waals surface area contributed by atoms with Crippen molar-refractivity contribution in [2.75, 3.05) is 32.5 Å². The van der Waals surface area contributed by atoms with Crippen LogP contribution in [0, 0.1) is 12.8 Å². The van der Waals surface area contributed by atoms with Crippen molar-refractivity contribution in [3.8, 4) is 5.75 Å². The summed E-state index contributed by atoms with van der Waals surface area (Å²) in [6, 6.07) is 12.7. The van der Waals surface area contributed by atoms with Gasteiger partial charge in [-0.15, -0.1) is 0 Å². The highest BCUT2D eigenvalue weighted by atomic mass is 32.2. The van der Waals surface area contributed by atoms with E-state index in [-0.39, 0.29) is 10.8 Å². The Labute approximate surface area is 195 Å². The van der Waals surface area contributed by atoms with Crippen LogP contribution in [-0.4, -0.2) is 51.7 Å². The number of hydrogen-bond donors (Lipinski definition) is 1. The van der Waals surface area contributed by atoms with Gasteiger partial charge in [0.1, 0.15) is 5.75 Å². The van der Waals surface area contributed by atoms with E-state index in [0.29, 0.717) is 42.6 Å². The third-order valence-corrected chi connectivity index (χ3v) is 8.31. The second-order valence-electron chi connectivity index (χ2n) is 8.21. The normalized spacial score (nSPS) is 15.0. The molecule has 1 amide bonds. The van der Waals surface area contributed by atoms with Crippen LogP contribution in [0.3, 0.4) is 0 Å². The zero-order valence-electron chi connectivity index (χ0n) is 19.0. The largest absolute Gasteiger partial charge is 0.496 e. The van der Waals surface area contributed by atoms with E-state index in [4.69, 9.17) is 4.74 Å². The van der Waals surface area contributed by atoms with E-state index >= 15 is 0 Å². The predicted octanol–water partition coefficient (Wildman–Crippen LogP) is 4.09. The van der Waals surface area contributed by atoms with E-state index in [1.54, 1.807) is 22.7 Å². The lowest BCUT2D eigenvalue weighted by atomic mass is 9.98. The summed E-state index contributed by atoms with van der Waals surface area (Å²) in [7, 11) is -2.24. The van der Waals surface area contributed by atoms with Crippen molar-refractivity contribution in [3.05, 3.63) is 59.2 Å². The van der Waals surface area contributed by atoms with Crippen molar-refractivity contribution >= 4 is 27.7 Å². The number of ether oxygens (including phenoxy) is 1. The number of amides is 1. The fourth-order valence-electron chi connectivity index (χ4n) is 3.69. The fourth-order valence-corrected chi connectivity index (χ4v) is 5.81. The predicted molar refractivity (Wildman–Crippen MR) is 130 cm³/mol. The summed E-state index contributed by atoms with van der Waals surface area (Å²) in [4.78, 5) is 14.9. The van der Waals surface area contributed by atoms with Gasteiger partial charge in [0.2, 0.25) is 10.0 Å². The zero-order chi connectivity index (χ0) is 23.1. The van der Waals surface area contributed by atoms with Crippen molar-refractivity contribution in [2.45, 2.75) is 37.3 Å². The molecule has 174 valence electrons. The highest BCUT2D eigenvalue weighted by Crippen LogP contribution is 2.26. The summed E-state index contributed by atoms with van der Waals surface area (Å²) in [5, 5.41) is 0. The molecule has 1 aliphatic rings. The summed E-state index contributed by atoms with van der Waals surface area (Å²) in [6.07, 6.45) is 1.90. The van der Waals surface area contributed by atoms with E-state index in [2.05, 4.69) is 30.7 Å². The van der Waals surface area contributed by atoms with Gasteiger partial charge in [-0.05, 0) is 55.0 Å². The minimum absolute atomic E-state index is 0.0796. The third-order valence-electron chi connectivity index (χ3n) is 5.84. The first-order chi connectivity index (χ1) is 15.3. The van der Waals surface area contributed by atoms with E-state index in [1.807, 2.05) is 12.1 Å². The minimum Gasteiger partial charge on any atom is -0.496 e. The molecule has 0 radical (unpaired) electrons. The van der Waals surface area contributed by atoms with Gasteiger partial charge in [-0.25, -0.2) is 13.1 Å². The number of benzene rings is 2. The van der Waals surface area contributed by atoms with Gasteiger partial charge >= 0.3 is 0 Å².